The second kappa shape index (κ2) is 4.55. The van der Waals surface area contributed by atoms with Crippen LogP contribution in [0.3, 0.4) is 0 Å². The molecular weight excluding hydrogens is 232 g/mol. The molecule has 2 aromatic rings. The van der Waals surface area contributed by atoms with Crippen LogP contribution < -0.4 is 5.32 Å². The first kappa shape index (κ1) is 10.9. The number of aromatic nitrogens is 1. The summed E-state index contributed by atoms with van der Waals surface area (Å²) in [4.78, 5) is 5.58. The van der Waals surface area contributed by atoms with Gasteiger partial charge >= 0.3 is 0 Å². The molecule has 0 aliphatic carbocycles. The Morgan fingerprint density at radius 1 is 1.47 bits per heavy atom. The van der Waals surface area contributed by atoms with Crippen LogP contribution in [0.15, 0.2) is 39.8 Å². The lowest BCUT2D eigenvalue weighted by Gasteiger charge is -2.11. The first-order chi connectivity index (χ1) is 8.33. The van der Waals surface area contributed by atoms with Crippen LogP contribution >= 0.6 is 11.8 Å². The Kier molecular flexibility index (Phi) is 2.91. The molecule has 0 radical (unpaired) electrons. The summed E-state index contributed by atoms with van der Waals surface area (Å²) in [6, 6.07) is 8.95. The lowest BCUT2D eigenvalue weighted by atomic mass is 10.1. The Labute approximate surface area is 105 Å². The molecule has 0 saturated heterocycles. The second-order valence-corrected chi connectivity index (χ2v) is 5.21. The van der Waals surface area contributed by atoms with Crippen molar-refractivity contribution in [1.82, 2.24) is 10.3 Å². The van der Waals surface area contributed by atoms with Gasteiger partial charge in [-0.3, -0.25) is 0 Å². The summed E-state index contributed by atoms with van der Waals surface area (Å²) in [7, 11) is 0. The van der Waals surface area contributed by atoms with Gasteiger partial charge in [0.1, 0.15) is 5.76 Å². The Morgan fingerprint density at radius 2 is 2.35 bits per heavy atom. The van der Waals surface area contributed by atoms with Gasteiger partial charge in [0.25, 0.3) is 0 Å². The zero-order chi connectivity index (χ0) is 11.7. The van der Waals surface area contributed by atoms with Crippen LogP contribution in [-0.2, 0) is 6.54 Å². The van der Waals surface area contributed by atoms with Crippen molar-refractivity contribution in [3.63, 3.8) is 0 Å². The van der Waals surface area contributed by atoms with Crippen LogP contribution in [0.5, 0.6) is 0 Å². The van der Waals surface area contributed by atoms with E-state index in [2.05, 4.69) is 34.6 Å². The van der Waals surface area contributed by atoms with Crippen molar-refractivity contribution < 1.29 is 4.42 Å². The van der Waals surface area contributed by atoms with E-state index in [-0.39, 0.29) is 0 Å². The molecule has 0 fully saturated rings. The fourth-order valence-corrected chi connectivity index (χ4v) is 3.22. The fraction of sp³-hybridized carbons (Fsp3) is 0.308. The van der Waals surface area contributed by atoms with Gasteiger partial charge in [-0.05, 0) is 18.6 Å². The number of benzene rings is 1. The number of rotatable bonds is 3. The van der Waals surface area contributed by atoms with E-state index in [9.17, 15) is 0 Å². The maximum atomic E-state index is 5.45. The molecule has 0 amide bonds. The number of thioether (sulfide) groups is 1. The third-order valence-electron chi connectivity index (χ3n) is 2.87. The summed E-state index contributed by atoms with van der Waals surface area (Å²) >= 11 is 1.90. The summed E-state index contributed by atoms with van der Waals surface area (Å²) < 4.78 is 5.45. The normalized spacial score (nSPS) is 18.3. The van der Waals surface area contributed by atoms with Crippen molar-refractivity contribution in [1.29, 1.82) is 0 Å². The maximum Gasteiger partial charge on any atom is 0.208 e. The minimum absolute atomic E-state index is 0.406. The van der Waals surface area contributed by atoms with Crippen molar-refractivity contribution in [2.24, 2.45) is 0 Å². The molecule has 4 heteroatoms. The standard InChI is InChI=1S/C13H14N2OS/c1-9-6-15-13(16-9)7-14-11-8-17-12-5-3-2-4-10(11)12/h2-6,11,14H,7-8H2,1H3. The van der Waals surface area contributed by atoms with Crippen LogP contribution in [0.2, 0.25) is 0 Å². The third-order valence-corrected chi connectivity index (χ3v) is 4.05. The number of aryl methyl sites for hydroxylation is 1. The van der Waals surface area contributed by atoms with Crippen molar-refractivity contribution in [2.75, 3.05) is 5.75 Å². The highest BCUT2D eigenvalue weighted by Gasteiger charge is 2.22. The lowest BCUT2D eigenvalue weighted by molar-refractivity contribution is 0.434. The molecule has 1 aliphatic rings. The van der Waals surface area contributed by atoms with Gasteiger partial charge in [-0.15, -0.1) is 11.8 Å². The summed E-state index contributed by atoms with van der Waals surface area (Å²) in [5, 5.41) is 3.49. The lowest BCUT2D eigenvalue weighted by Crippen LogP contribution is -2.20. The molecule has 1 atom stereocenters. The molecule has 2 heterocycles. The number of oxazole rings is 1. The highest BCUT2D eigenvalue weighted by molar-refractivity contribution is 7.99. The van der Waals surface area contributed by atoms with E-state index < -0.39 is 0 Å². The van der Waals surface area contributed by atoms with E-state index in [1.807, 2.05) is 18.7 Å². The van der Waals surface area contributed by atoms with Crippen LogP contribution in [-0.4, -0.2) is 10.7 Å². The van der Waals surface area contributed by atoms with Crippen molar-refractivity contribution >= 4 is 11.8 Å². The number of nitrogens with one attached hydrogen (secondary N) is 1. The predicted molar refractivity (Wildman–Crippen MR) is 68.0 cm³/mol. The van der Waals surface area contributed by atoms with E-state index in [0.29, 0.717) is 12.6 Å². The molecule has 0 saturated carbocycles. The zero-order valence-electron chi connectivity index (χ0n) is 9.64. The molecule has 1 aromatic heterocycles. The Hall–Kier alpha value is -1.26. The first-order valence-corrected chi connectivity index (χ1v) is 6.68. The van der Waals surface area contributed by atoms with Crippen LogP contribution in [0, 0.1) is 6.92 Å². The minimum atomic E-state index is 0.406. The monoisotopic (exact) mass is 246 g/mol. The maximum absolute atomic E-state index is 5.45. The van der Waals surface area contributed by atoms with Gasteiger partial charge in [0.2, 0.25) is 5.89 Å². The van der Waals surface area contributed by atoms with Gasteiger partial charge < -0.3 is 9.73 Å². The van der Waals surface area contributed by atoms with Crippen LogP contribution in [0.4, 0.5) is 0 Å². The molecule has 1 aromatic carbocycles. The molecule has 17 heavy (non-hydrogen) atoms. The fourth-order valence-electron chi connectivity index (χ4n) is 2.03. The second-order valence-electron chi connectivity index (χ2n) is 4.15. The SMILES string of the molecule is Cc1cnc(CNC2CSc3ccccc32)o1. The number of nitrogens with zero attached hydrogens (tertiary/aromatic N) is 1. The van der Waals surface area contributed by atoms with E-state index >= 15 is 0 Å². The molecule has 0 bridgehead atoms. The van der Waals surface area contributed by atoms with Gasteiger partial charge in [0.05, 0.1) is 12.7 Å². The van der Waals surface area contributed by atoms with Gasteiger partial charge in [-0.25, -0.2) is 4.98 Å². The highest BCUT2D eigenvalue weighted by atomic mass is 32.2. The Balaban J connectivity index is 1.68. The average molecular weight is 246 g/mol. The molecule has 1 unspecified atom stereocenters. The molecular formula is C13H14N2OS. The molecule has 3 nitrogen and oxygen atoms in total. The Morgan fingerprint density at radius 3 is 3.18 bits per heavy atom. The summed E-state index contributed by atoms with van der Waals surface area (Å²) in [6.07, 6.45) is 1.76. The molecule has 88 valence electrons. The smallest absolute Gasteiger partial charge is 0.208 e. The van der Waals surface area contributed by atoms with E-state index in [1.54, 1.807) is 6.20 Å². The van der Waals surface area contributed by atoms with Gasteiger partial charge in [0, 0.05) is 16.7 Å². The minimum Gasteiger partial charge on any atom is -0.445 e. The van der Waals surface area contributed by atoms with Gasteiger partial charge in [-0.2, -0.15) is 0 Å². The number of fused-ring (bicyclic) bond motifs is 1. The van der Waals surface area contributed by atoms with Crippen LogP contribution in [0.25, 0.3) is 0 Å². The first-order valence-electron chi connectivity index (χ1n) is 5.69. The van der Waals surface area contributed by atoms with E-state index in [0.717, 1.165) is 17.4 Å². The Bertz CT molecular complexity index is 524. The van der Waals surface area contributed by atoms with Crippen molar-refractivity contribution in [3.8, 4) is 0 Å². The van der Waals surface area contributed by atoms with Crippen LogP contribution in [0.1, 0.15) is 23.3 Å². The molecule has 1 aliphatic heterocycles. The predicted octanol–water partition coefficient (Wildman–Crippen LogP) is 2.92. The summed E-state index contributed by atoms with van der Waals surface area (Å²) in [6.45, 7) is 2.60. The zero-order valence-corrected chi connectivity index (χ0v) is 10.5. The van der Waals surface area contributed by atoms with Crippen molar-refractivity contribution in [3.05, 3.63) is 47.7 Å². The van der Waals surface area contributed by atoms with E-state index in [4.69, 9.17) is 4.42 Å². The summed E-state index contributed by atoms with van der Waals surface area (Å²) in [5.74, 6) is 2.71. The van der Waals surface area contributed by atoms with Gasteiger partial charge in [-0.1, -0.05) is 18.2 Å². The number of hydrogen-bond acceptors (Lipinski definition) is 4. The quantitative estimate of drug-likeness (QED) is 0.903. The third kappa shape index (κ3) is 2.23. The topological polar surface area (TPSA) is 38.1 Å². The largest absolute Gasteiger partial charge is 0.445 e. The molecule has 1 N–H and O–H groups in total. The molecule has 0 spiro atoms. The van der Waals surface area contributed by atoms with Gasteiger partial charge in [0.15, 0.2) is 0 Å². The number of hydrogen-bond donors (Lipinski definition) is 1. The average Bonchev–Trinajstić information content (AvgIpc) is 2.93. The van der Waals surface area contributed by atoms with E-state index in [1.165, 1.54) is 10.5 Å². The van der Waals surface area contributed by atoms with Crippen molar-refractivity contribution in [2.45, 2.75) is 24.4 Å². The highest BCUT2D eigenvalue weighted by Crippen LogP contribution is 2.37. The summed E-state index contributed by atoms with van der Waals surface area (Å²) in [5.41, 5.74) is 1.39. The molecule has 3 rings (SSSR count).